The van der Waals surface area contributed by atoms with Gasteiger partial charge in [-0.25, -0.2) is 0 Å². The molecule has 2 unspecified atom stereocenters. The normalized spacial score (nSPS) is 29.3. The average Bonchev–Trinajstić information content (AvgIpc) is 2.78. The van der Waals surface area contributed by atoms with Crippen molar-refractivity contribution >= 4 is 19.1 Å². The predicted molar refractivity (Wildman–Crippen MR) is 99.8 cm³/mol. The minimum Gasteiger partial charge on any atom is -0.262 e. The van der Waals surface area contributed by atoms with Crippen LogP contribution in [0.4, 0.5) is 5.69 Å². The summed E-state index contributed by atoms with van der Waals surface area (Å²) >= 11 is 0. The highest BCUT2D eigenvalue weighted by Gasteiger charge is 2.71. The fraction of sp³-hybridized carbons (Fsp3) is 0.650. The molecule has 2 atom stereocenters. The molecule has 0 bridgehead atoms. The Kier molecular flexibility index (Phi) is 3.67. The predicted octanol–water partition coefficient (Wildman–Crippen LogP) is 6.53. The zero-order valence-electron chi connectivity index (χ0n) is 15.1. The summed E-state index contributed by atoms with van der Waals surface area (Å²) in [6.45, 7) is 14.9. The molecule has 1 saturated heterocycles. The van der Waals surface area contributed by atoms with Crippen LogP contribution in [0.2, 0.25) is 15.6 Å². The lowest BCUT2D eigenvalue weighted by atomic mass is 10.1. The van der Waals surface area contributed by atoms with Gasteiger partial charge in [0.25, 0.3) is 0 Å². The van der Waals surface area contributed by atoms with Crippen LogP contribution in [0.5, 0.6) is 0 Å². The third-order valence-corrected chi connectivity index (χ3v) is 14.0. The van der Waals surface area contributed by atoms with E-state index in [0.29, 0.717) is 10.1 Å². The molecule has 2 fully saturated rings. The lowest BCUT2D eigenvalue weighted by Gasteiger charge is -2.65. The summed E-state index contributed by atoms with van der Waals surface area (Å²) in [6.07, 6.45) is 4.22. The van der Waals surface area contributed by atoms with E-state index in [0.717, 1.165) is 17.1 Å². The summed E-state index contributed by atoms with van der Waals surface area (Å²) in [5.74, 6) is 0.783. The summed E-state index contributed by atoms with van der Waals surface area (Å²) < 4.78 is 0. The highest BCUT2D eigenvalue weighted by Crippen LogP contribution is 2.70. The number of fused-ring (bicyclic) bond motifs is 1. The molecule has 1 heterocycles. The van der Waals surface area contributed by atoms with Crippen molar-refractivity contribution in [3.63, 3.8) is 0 Å². The molecule has 1 nitrogen and oxygen atoms in total. The largest absolute Gasteiger partial charge is 0.262 e. The molecule has 22 heavy (non-hydrogen) atoms. The van der Waals surface area contributed by atoms with Gasteiger partial charge in [0.2, 0.25) is 0 Å². The molecule has 0 radical (unpaired) electrons. The number of para-hydroxylation sites is 1. The van der Waals surface area contributed by atoms with Crippen molar-refractivity contribution in [2.75, 3.05) is 0 Å². The van der Waals surface area contributed by atoms with Gasteiger partial charge in [0, 0.05) is 5.33 Å². The first-order chi connectivity index (χ1) is 10.2. The minimum atomic E-state index is -1.64. The van der Waals surface area contributed by atoms with Crippen molar-refractivity contribution in [3.05, 3.63) is 30.3 Å². The molecule has 1 aliphatic carbocycles. The monoisotopic (exact) mass is 313 g/mol. The Morgan fingerprint density at radius 1 is 0.909 bits per heavy atom. The molecule has 0 spiro atoms. The average molecular weight is 314 g/mol. The van der Waals surface area contributed by atoms with E-state index < -0.39 is 8.07 Å². The quantitative estimate of drug-likeness (QED) is 0.522. The number of hydrogen-bond donors (Lipinski definition) is 0. The summed E-state index contributed by atoms with van der Waals surface area (Å²) in [5, 5.41) is 2.38. The van der Waals surface area contributed by atoms with Crippen molar-refractivity contribution in [1.29, 1.82) is 0 Å². The van der Waals surface area contributed by atoms with Crippen LogP contribution >= 0.6 is 0 Å². The molecule has 1 saturated carbocycles. The highest BCUT2D eigenvalue weighted by molar-refractivity contribution is 7.15. The first-order valence-corrected chi connectivity index (χ1v) is 10.9. The lowest BCUT2D eigenvalue weighted by molar-refractivity contribution is 0.530. The zero-order chi connectivity index (χ0) is 16.2. The molecule has 0 aromatic heterocycles. The van der Waals surface area contributed by atoms with E-state index in [9.17, 15) is 0 Å². The molecule has 120 valence electrons. The van der Waals surface area contributed by atoms with Gasteiger partial charge >= 0.3 is 0 Å². The van der Waals surface area contributed by atoms with E-state index >= 15 is 0 Å². The van der Waals surface area contributed by atoms with Gasteiger partial charge in [-0.15, -0.1) is 0 Å². The number of benzene rings is 1. The maximum absolute atomic E-state index is 5.27. The van der Waals surface area contributed by atoms with Crippen LogP contribution in [-0.2, 0) is 0 Å². The molecular weight excluding hydrogens is 282 g/mol. The topological polar surface area (TPSA) is 12.4 Å². The van der Waals surface area contributed by atoms with E-state index in [-0.39, 0.29) is 0 Å². The Labute approximate surface area is 137 Å². The van der Waals surface area contributed by atoms with Crippen LogP contribution in [-0.4, -0.2) is 13.4 Å². The Hall–Kier alpha value is -0.893. The Morgan fingerprint density at radius 2 is 1.50 bits per heavy atom. The number of hydrogen-bond acceptors (Lipinski definition) is 1. The van der Waals surface area contributed by atoms with E-state index in [1.165, 1.54) is 19.3 Å². The number of nitrogens with zero attached hydrogens (tertiary/aromatic N) is 1. The zero-order valence-corrected chi connectivity index (χ0v) is 16.1. The van der Waals surface area contributed by atoms with Gasteiger partial charge in [-0.2, -0.15) is 0 Å². The second-order valence-electron chi connectivity index (χ2n) is 9.28. The van der Waals surface area contributed by atoms with E-state index in [1.54, 1.807) is 5.33 Å². The van der Waals surface area contributed by atoms with Gasteiger partial charge in [-0.05, 0) is 40.1 Å². The summed E-state index contributed by atoms with van der Waals surface area (Å²) in [4.78, 5) is 5.27. The minimum absolute atomic E-state index is 0.379. The van der Waals surface area contributed by atoms with Gasteiger partial charge in [0.05, 0.1) is 5.69 Å². The van der Waals surface area contributed by atoms with Gasteiger partial charge in [-0.3, -0.25) is 4.99 Å². The standard InChI is InChI=1S/C20H31NSi/c1-19(2,3)22(20(4,5)6)17-14-10-13-16(17)18(22)21-15-11-8-7-9-12-15/h7-9,11-12,16-17H,10,13-14H2,1-6H3. The van der Waals surface area contributed by atoms with Gasteiger partial charge < -0.3 is 0 Å². The smallest absolute Gasteiger partial charge is 0.120 e. The van der Waals surface area contributed by atoms with Gasteiger partial charge in [-0.1, -0.05) is 72.6 Å². The molecule has 2 aliphatic rings. The molecule has 3 rings (SSSR count). The van der Waals surface area contributed by atoms with Gasteiger partial charge in [0.15, 0.2) is 0 Å². The van der Waals surface area contributed by atoms with Crippen LogP contribution in [0.15, 0.2) is 35.3 Å². The van der Waals surface area contributed by atoms with Crippen molar-refractivity contribution in [2.24, 2.45) is 10.9 Å². The molecule has 0 N–H and O–H groups in total. The van der Waals surface area contributed by atoms with Crippen LogP contribution in [0.25, 0.3) is 0 Å². The maximum Gasteiger partial charge on any atom is 0.120 e. The molecule has 1 aromatic carbocycles. The molecular formula is C20H31NSi. The SMILES string of the molecule is CC(C)(C)[Si]1(C(C)(C)C)C(=Nc2ccccc2)C2CCCC21. The lowest BCUT2D eigenvalue weighted by Crippen LogP contribution is -2.72. The van der Waals surface area contributed by atoms with Crippen molar-refractivity contribution in [2.45, 2.75) is 76.4 Å². The third kappa shape index (κ3) is 2.06. The highest BCUT2D eigenvalue weighted by atomic mass is 28.3. The Morgan fingerprint density at radius 3 is 2.05 bits per heavy atom. The van der Waals surface area contributed by atoms with Crippen molar-refractivity contribution < 1.29 is 0 Å². The fourth-order valence-electron chi connectivity index (χ4n) is 6.01. The van der Waals surface area contributed by atoms with Crippen LogP contribution in [0.1, 0.15) is 60.8 Å². The third-order valence-electron chi connectivity index (χ3n) is 6.20. The van der Waals surface area contributed by atoms with Crippen LogP contribution < -0.4 is 0 Å². The van der Waals surface area contributed by atoms with Crippen molar-refractivity contribution in [3.8, 4) is 0 Å². The molecule has 2 heteroatoms. The van der Waals surface area contributed by atoms with E-state index in [2.05, 4.69) is 71.9 Å². The van der Waals surface area contributed by atoms with Gasteiger partial charge in [0.1, 0.15) is 8.07 Å². The molecule has 1 aromatic rings. The molecule has 1 aliphatic heterocycles. The fourth-order valence-corrected chi connectivity index (χ4v) is 14.9. The Balaban J connectivity index is 2.16. The first-order valence-electron chi connectivity index (χ1n) is 8.84. The second-order valence-corrected chi connectivity index (χ2v) is 15.2. The summed E-state index contributed by atoms with van der Waals surface area (Å²) in [5.41, 5.74) is 2.11. The Bertz CT molecular complexity index is 560. The van der Waals surface area contributed by atoms with Crippen LogP contribution in [0, 0.1) is 5.92 Å². The number of rotatable bonds is 1. The summed E-state index contributed by atoms with van der Waals surface area (Å²) in [6, 6.07) is 10.6. The second kappa shape index (κ2) is 5.05. The van der Waals surface area contributed by atoms with E-state index in [1.807, 2.05) is 0 Å². The van der Waals surface area contributed by atoms with E-state index in [4.69, 9.17) is 4.99 Å². The summed E-state index contributed by atoms with van der Waals surface area (Å²) in [7, 11) is -1.64. The van der Waals surface area contributed by atoms with Crippen molar-refractivity contribution in [1.82, 2.24) is 0 Å². The number of aliphatic imine (C=N–C) groups is 1. The maximum atomic E-state index is 5.27. The first kappa shape index (κ1) is 16.0. The van der Waals surface area contributed by atoms with Crippen LogP contribution in [0.3, 0.4) is 0 Å². The molecule has 0 amide bonds.